The van der Waals surface area contributed by atoms with E-state index in [2.05, 4.69) is 0 Å². The number of rotatable bonds is 0. The molecule has 0 aromatic carbocycles. The maximum absolute atomic E-state index is 8.54. The molecule has 0 bridgehead atoms. The molecule has 0 amide bonds. The van der Waals surface area contributed by atoms with Gasteiger partial charge in [-0.1, -0.05) is 0 Å². The average molecular weight is 336 g/mol. The number of hydrogen-bond acceptors (Lipinski definition) is 3. The van der Waals surface area contributed by atoms with Crippen LogP contribution in [0.3, 0.4) is 0 Å². The fraction of sp³-hybridized carbons (Fsp3) is 0. The molecular weight excluding hydrogens is 334 g/mol. The summed E-state index contributed by atoms with van der Waals surface area (Å²) in [4.78, 5) is 0. The van der Waals surface area contributed by atoms with Crippen molar-refractivity contribution in [3.63, 3.8) is 0 Å². The minimum absolute atomic E-state index is 0. The third-order valence-corrected chi connectivity index (χ3v) is 0. The van der Waals surface area contributed by atoms with Gasteiger partial charge in [-0.25, -0.2) is 0 Å². The Morgan fingerprint density at radius 3 is 1.40 bits per heavy atom. The van der Waals surface area contributed by atoms with Crippen molar-refractivity contribution < 1.29 is 12.2 Å². The molecule has 0 spiro atoms. The van der Waals surface area contributed by atoms with E-state index in [1.165, 1.54) is 0 Å². The predicted molar refractivity (Wildman–Crippen MR) is 15.0 cm³/mol. The molecule has 0 atom stereocenters. The van der Waals surface area contributed by atoms with Crippen LogP contribution in [0.15, 0.2) is 0 Å². The van der Waals surface area contributed by atoms with Gasteiger partial charge in [0.05, 0.1) is 0 Å². The molecule has 0 heterocycles. The van der Waals surface area contributed by atoms with Crippen LogP contribution in [-0.4, -0.2) is 41.8 Å². The van der Waals surface area contributed by atoms with Gasteiger partial charge in [0.1, 0.15) is 0 Å². The summed E-state index contributed by atoms with van der Waals surface area (Å²) in [6.07, 6.45) is 0. The molecule has 0 aromatic heterocycles. The van der Waals surface area contributed by atoms with Crippen LogP contribution < -0.4 is 8.38 Å². The van der Waals surface area contributed by atoms with Crippen LogP contribution in [0.25, 0.3) is 0 Å². The van der Waals surface area contributed by atoms with E-state index >= 15 is 0 Å². The minimum atomic E-state index is -3.79. The molecule has 0 radical (unpaired) electrons. The molecule has 0 saturated heterocycles. The molecule has 0 aromatic rings. The van der Waals surface area contributed by atoms with Crippen LogP contribution in [0.4, 0.5) is 0 Å². The van der Waals surface area contributed by atoms with E-state index in [1.807, 2.05) is 0 Å². The van der Waals surface area contributed by atoms with Gasteiger partial charge < -0.3 is 0 Å². The topological polar surface area (TPSA) is 63.2 Å². The Labute approximate surface area is 53.9 Å². The first kappa shape index (κ1) is 9.48. The second kappa shape index (κ2) is 5.16. The summed E-state index contributed by atoms with van der Waals surface area (Å²) in [7, 11) is 0. The molecule has 0 aliphatic heterocycles. The summed E-state index contributed by atoms with van der Waals surface area (Å²) in [5.74, 6) is 0. The predicted octanol–water partition coefficient (Wildman–Crippen LogP) is -3.79. The molecule has 0 N–H and O–H groups in total. The van der Waals surface area contributed by atoms with Crippen LogP contribution in [0, 0.1) is 0 Å². The molecule has 3 nitrogen and oxygen atoms in total. The second-order valence-electron chi connectivity index (χ2n) is 0.204. The van der Waals surface area contributed by atoms with Gasteiger partial charge in [-0.3, -0.25) is 0 Å². The van der Waals surface area contributed by atoms with Gasteiger partial charge >= 0.3 is 54.0 Å². The van der Waals surface area contributed by atoms with Gasteiger partial charge in [-0.05, 0) is 0 Å². The van der Waals surface area contributed by atoms with Crippen molar-refractivity contribution in [1.29, 1.82) is 0 Å². The molecule has 5 heteroatoms. The van der Waals surface area contributed by atoms with Crippen LogP contribution in [0.2, 0.25) is 0 Å². The Balaban J connectivity index is 0. The SMILES string of the molecule is O=[Se]([O-])[O-].[PbH2+2]. The van der Waals surface area contributed by atoms with Gasteiger partial charge in [-0.15, -0.1) is 0 Å². The molecule has 5 heavy (non-hydrogen) atoms. The zero-order chi connectivity index (χ0) is 3.58. The Bertz CT molecular complexity index is 29.9. The first-order valence-electron chi connectivity index (χ1n) is 0.500. The van der Waals surface area contributed by atoms with E-state index in [4.69, 9.17) is 12.2 Å². The van der Waals surface area contributed by atoms with Crippen molar-refractivity contribution in [3.8, 4) is 0 Å². The zero-order valence-electron chi connectivity index (χ0n) is 2.34. The average Bonchev–Trinajstić information content (AvgIpc) is 0.811. The fourth-order valence-corrected chi connectivity index (χ4v) is 0. The number of hydrogen-bond donors (Lipinski definition) is 0. The molecule has 0 aliphatic rings. The standard InChI is InChI=1S/H2O3Se.Pb.2H/c1-4(2)3;;;/h(H2,1,2,3);;;/q;+2;;/p-2. The third-order valence-electron chi connectivity index (χ3n) is 0. The van der Waals surface area contributed by atoms with Crippen molar-refractivity contribution in [3.05, 3.63) is 0 Å². The summed E-state index contributed by atoms with van der Waals surface area (Å²) in [5.41, 5.74) is 0. The molecule has 0 unspecified atom stereocenters. The monoisotopic (exact) mass is 338 g/mol. The Kier molecular flexibility index (Phi) is 9.78. The van der Waals surface area contributed by atoms with E-state index in [1.54, 1.807) is 0 Å². The van der Waals surface area contributed by atoms with Crippen LogP contribution in [-0.2, 0) is 3.83 Å². The van der Waals surface area contributed by atoms with Gasteiger partial charge in [0.15, 0.2) is 0 Å². The first-order chi connectivity index (χ1) is 1.73. The molecule has 0 rings (SSSR count). The summed E-state index contributed by atoms with van der Waals surface area (Å²) in [6, 6.07) is 0. The zero-order valence-corrected chi connectivity index (χ0v) is 9.55. The molecule has 0 fully saturated rings. The third kappa shape index (κ3) is 38.2. The normalized spacial score (nSPS) is 7.00. The fourth-order valence-electron chi connectivity index (χ4n) is 0. The summed E-state index contributed by atoms with van der Waals surface area (Å²) < 4.78 is 25.6. The molecule has 0 aliphatic carbocycles. The molecule has 30 valence electrons. The summed E-state index contributed by atoms with van der Waals surface area (Å²) >= 11 is -3.79. The second-order valence-corrected chi connectivity index (χ2v) is 1.06. The van der Waals surface area contributed by atoms with Gasteiger partial charge in [0.2, 0.25) is 0 Å². The van der Waals surface area contributed by atoms with Gasteiger partial charge in [0.25, 0.3) is 0 Å². The van der Waals surface area contributed by atoms with Crippen molar-refractivity contribution in [2.45, 2.75) is 0 Å². The van der Waals surface area contributed by atoms with Crippen LogP contribution in [0.5, 0.6) is 0 Å². The molecule has 0 saturated carbocycles. The van der Waals surface area contributed by atoms with Crippen molar-refractivity contribution in [1.82, 2.24) is 0 Å². The van der Waals surface area contributed by atoms with Crippen molar-refractivity contribution in [2.75, 3.05) is 0 Å². The Hall–Kier alpha value is 1.16. The van der Waals surface area contributed by atoms with Crippen molar-refractivity contribution >= 4 is 41.8 Å². The summed E-state index contributed by atoms with van der Waals surface area (Å²) in [5, 5.41) is 0. The van der Waals surface area contributed by atoms with Gasteiger partial charge in [-0.2, -0.15) is 0 Å². The Morgan fingerprint density at radius 2 is 1.40 bits per heavy atom. The van der Waals surface area contributed by atoms with Crippen molar-refractivity contribution in [2.24, 2.45) is 0 Å². The van der Waals surface area contributed by atoms with Crippen LogP contribution >= 0.6 is 0 Å². The van der Waals surface area contributed by atoms with E-state index in [9.17, 15) is 0 Å². The first-order valence-corrected chi connectivity index (χ1v) is 2.60. The van der Waals surface area contributed by atoms with E-state index in [0.717, 1.165) is 0 Å². The van der Waals surface area contributed by atoms with E-state index < -0.39 is 14.5 Å². The maximum atomic E-state index is 8.54. The summed E-state index contributed by atoms with van der Waals surface area (Å²) in [6.45, 7) is 0. The molecular formula is H2O3PbSe. The quantitative estimate of drug-likeness (QED) is 0.427. The van der Waals surface area contributed by atoms with E-state index in [0.29, 0.717) is 0 Å². The van der Waals surface area contributed by atoms with Crippen LogP contribution in [0.1, 0.15) is 0 Å². The van der Waals surface area contributed by atoms with E-state index in [-0.39, 0.29) is 27.3 Å². The Morgan fingerprint density at radius 1 is 1.40 bits per heavy atom. The van der Waals surface area contributed by atoms with Gasteiger partial charge in [0, 0.05) is 0 Å².